The van der Waals surface area contributed by atoms with Gasteiger partial charge in [-0.15, -0.1) is 11.3 Å². The number of nitrogens with zero attached hydrogens (tertiary/aromatic N) is 1. The number of thiophene rings is 1. The van der Waals surface area contributed by atoms with Crippen LogP contribution in [0.2, 0.25) is 0 Å². The number of benzene rings is 2. The molecule has 1 aromatic heterocycles. The fraction of sp³-hybridized carbons (Fsp3) is 0.296. The molecule has 35 heavy (non-hydrogen) atoms. The highest BCUT2D eigenvalue weighted by atomic mass is 32.1. The molecule has 0 saturated heterocycles. The third kappa shape index (κ3) is 4.93. The Morgan fingerprint density at radius 1 is 1.00 bits per heavy atom. The molecule has 180 valence electrons. The molecule has 0 aliphatic heterocycles. The van der Waals surface area contributed by atoms with Gasteiger partial charge in [0.05, 0.1) is 6.42 Å². The van der Waals surface area contributed by atoms with Crippen molar-refractivity contribution in [1.82, 2.24) is 10.2 Å². The third-order valence-corrected chi connectivity index (χ3v) is 7.45. The smallest absolute Gasteiger partial charge is 0.408 e. The van der Waals surface area contributed by atoms with Crippen molar-refractivity contribution < 1.29 is 24.2 Å². The monoisotopic (exact) mass is 490 g/mol. The van der Waals surface area contributed by atoms with Gasteiger partial charge in [0.1, 0.15) is 12.6 Å². The van der Waals surface area contributed by atoms with Gasteiger partial charge in [0.15, 0.2) is 0 Å². The van der Waals surface area contributed by atoms with E-state index in [1.807, 2.05) is 35.7 Å². The van der Waals surface area contributed by atoms with E-state index < -0.39 is 18.1 Å². The van der Waals surface area contributed by atoms with Crippen LogP contribution in [0.5, 0.6) is 0 Å². The minimum absolute atomic E-state index is 0.0219. The third-order valence-electron chi connectivity index (χ3n) is 6.52. The first kappa shape index (κ1) is 23.1. The maximum Gasteiger partial charge on any atom is 0.408 e. The zero-order valence-electron chi connectivity index (χ0n) is 19.1. The SMILES string of the molecule is O=C(O)CCN(C(=O)C(NC(=O)OCC1c2ccccc2-c2ccccc21)c1cccs1)C1CC1. The maximum atomic E-state index is 13.4. The molecule has 1 saturated carbocycles. The Morgan fingerprint density at radius 3 is 2.23 bits per heavy atom. The molecule has 0 bridgehead atoms. The van der Waals surface area contributed by atoms with Gasteiger partial charge in [0.2, 0.25) is 0 Å². The number of carboxylic acid groups (broad SMARTS) is 1. The summed E-state index contributed by atoms with van der Waals surface area (Å²) in [6.07, 6.45) is 0.873. The highest BCUT2D eigenvalue weighted by Gasteiger charge is 2.38. The molecule has 0 spiro atoms. The molecule has 2 amide bonds. The minimum Gasteiger partial charge on any atom is -0.481 e. The number of carbonyl (C=O) groups is 3. The highest BCUT2D eigenvalue weighted by molar-refractivity contribution is 7.10. The van der Waals surface area contributed by atoms with Gasteiger partial charge in [-0.3, -0.25) is 9.59 Å². The Labute approximate surface area is 207 Å². The van der Waals surface area contributed by atoms with Gasteiger partial charge in [-0.2, -0.15) is 0 Å². The van der Waals surface area contributed by atoms with Crippen LogP contribution in [-0.2, 0) is 14.3 Å². The zero-order valence-corrected chi connectivity index (χ0v) is 19.9. The molecule has 2 aliphatic rings. The van der Waals surface area contributed by atoms with Crippen molar-refractivity contribution in [2.45, 2.75) is 37.3 Å². The second-order valence-corrected chi connectivity index (χ2v) is 9.80. The Balaban J connectivity index is 1.30. The number of nitrogens with one attached hydrogen (secondary N) is 1. The summed E-state index contributed by atoms with van der Waals surface area (Å²) in [5.41, 5.74) is 4.51. The number of amides is 2. The molecule has 3 aromatic rings. The van der Waals surface area contributed by atoms with Crippen molar-refractivity contribution in [3.8, 4) is 11.1 Å². The molecular weight excluding hydrogens is 464 g/mol. The van der Waals surface area contributed by atoms with E-state index in [0.29, 0.717) is 4.88 Å². The van der Waals surface area contributed by atoms with Gasteiger partial charge in [-0.05, 0) is 46.5 Å². The lowest BCUT2D eigenvalue weighted by Crippen LogP contribution is -2.44. The van der Waals surface area contributed by atoms with Gasteiger partial charge < -0.3 is 20.1 Å². The number of fused-ring (bicyclic) bond motifs is 3. The predicted molar refractivity (Wildman–Crippen MR) is 132 cm³/mol. The molecule has 2 aliphatic carbocycles. The van der Waals surface area contributed by atoms with Crippen LogP contribution in [0.3, 0.4) is 0 Å². The maximum absolute atomic E-state index is 13.4. The lowest BCUT2D eigenvalue weighted by Gasteiger charge is -2.27. The molecule has 1 unspecified atom stereocenters. The second kappa shape index (κ2) is 9.92. The van der Waals surface area contributed by atoms with Crippen LogP contribution >= 0.6 is 11.3 Å². The van der Waals surface area contributed by atoms with Gasteiger partial charge in [0, 0.05) is 23.4 Å². The number of alkyl carbamates (subject to hydrolysis) is 1. The largest absolute Gasteiger partial charge is 0.481 e. The van der Waals surface area contributed by atoms with Gasteiger partial charge in [-0.1, -0.05) is 54.6 Å². The summed E-state index contributed by atoms with van der Waals surface area (Å²) >= 11 is 1.37. The molecule has 2 N–H and O–H groups in total. The number of aliphatic carboxylic acids is 1. The van der Waals surface area contributed by atoms with Crippen LogP contribution in [0, 0.1) is 0 Å². The number of ether oxygens (including phenoxy) is 1. The molecule has 5 rings (SSSR count). The lowest BCUT2D eigenvalue weighted by atomic mass is 9.98. The Hall–Kier alpha value is -3.65. The van der Waals surface area contributed by atoms with Crippen molar-refractivity contribution in [3.05, 3.63) is 82.0 Å². The Morgan fingerprint density at radius 2 is 1.66 bits per heavy atom. The summed E-state index contributed by atoms with van der Waals surface area (Å²) in [5.74, 6) is -1.34. The molecular formula is C27H26N2O5S. The molecule has 7 nitrogen and oxygen atoms in total. The van der Waals surface area contributed by atoms with Gasteiger partial charge in [-0.25, -0.2) is 4.79 Å². The average molecular weight is 491 g/mol. The topological polar surface area (TPSA) is 95.9 Å². The van der Waals surface area contributed by atoms with E-state index in [9.17, 15) is 14.4 Å². The normalized spacial score (nSPS) is 15.1. The summed E-state index contributed by atoms with van der Waals surface area (Å²) in [6, 6.07) is 18.9. The number of hydrogen-bond acceptors (Lipinski definition) is 5. The van der Waals surface area contributed by atoms with Crippen LogP contribution in [0.25, 0.3) is 11.1 Å². The standard InChI is InChI=1S/C27H26N2O5S/c30-24(31)13-14-29(17-11-12-17)26(32)25(23-10-5-15-35-23)28-27(33)34-16-22-20-8-3-1-6-18(20)19-7-2-4-9-21(19)22/h1-10,15,17,22,25H,11-14,16H2,(H,28,33)(H,30,31). The molecule has 1 atom stereocenters. The van der Waals surface area contributed by atoms with E-state index >= 15 is 0 Å². The summed E-state index contributed by atoms with van der Waals surface area (Å²) in [5, 5.41) is 13.7. The molecule has 8 heteroatoms. The van der Waals surface area contributed by atoms with Gasteiger partial charge in [0.25, 0.3) is 5.91 Å². The quantitative estimate of drug-likeness (QED) is 0.450. The summed E-state index contributed by atoms with van der Waals surface area (Å²) in [4.78, 5) is 39.7. The van der Waals surface area contributed by atoms with E-state index in [0.717, 1.165) is 35.1 Å². The molecule has 1 heterocycles. The van der Waals surface area contributed by atoms with E-state index in [2.05, 4.69) is 29.6 Å². The summed E-state index contributed by atoms with van der Waals surface area (Å²) in [7, 11) is 0. The Bertz CT molecular complexity index is 1190. The number of carboxylic acids is 1. The first-order valence-electron chi connectivity index (χ1n) is 11.7. The first-order valence-corrected chi connectivity index (χ1v) is 12.6. The lowest BCUT2D eigenvalue weighted by molar-refractivity contribution is -0.139. The Kier molecular flexibility index (Phi) is 6.55. The minimum atomic E-state index is -0.958. The fourth-order valence-electron chi connectivity index (χ4n) is 4.71. The predicted octanol–water partition coefficient (Wildman–Crippen LogP) is 4.79. The first-order chi connectivity index (χ1) is 17.0. The van der Waals surface area contributed by atoms with Crippen LogP contribution < -0.4 is 5.32 Å². The molecule has 1 fully saturated rings. The zero-order chi connectivity index (χ0) is 24.4. The number of rotatable bonds is 9. The van der Waals surface area contributed by atoms with Crippen molar-refractivity contribution in [1.29, 1.82) is 0 Å². The van der Waals surface area contributed by atoms with Crippen molar-refractivity contribution >= 4 is 29.3 Å². The second-order valence-electron chi connectivity index (χ2n) is 8.82. The van der Waals surface area contributed by atoms with Crippen molar-refractivity contribution in [3.63, 3.8) is 0 Å². The van der Waals surface area contributed by atoms with E-state index in [1.165, 1.54) is 11.3 Å². The molecule has 0 radical (unpaired) electrons. The van der Waals surface area contributed by atoms with Crippen LogP contribution in [0.15, 0.2) is 66.0 Å². The molecule has 2 aromatic carbocycles. The summed E-state index contributed by atoms with van der Waals surface area (Å²) < 4.78 is 5.66. The number of hydrogen-bond donors (Lipinski definition) is 2. The fourth-order valence-corrected chi connectivity index (χ4v) is 5.48. The summed E-state index contributed by atoms with van der Waals surface area (Å²) in [6.45, 7) is 0.268. The van der Waals surface area contributed by atoms with E-state index in [4.69, 9.17) is 9.84 Å². The van der Waals surface area contributed by atoms with Crippen molar-refractivity contribution in [2.75, 3.05) is 13.2 Å². The van der Waals surface area contributed by atoms with Crippen LogP contribution in [0.1, 0.15) is 47.2 Å². The number of carbonyl (C=O) groups excluding carboxylic acids is 2. The van der Waals surface area contributed by atoms with E-state index in [-0.39, 0.29) is 37.4 Å². The van der Waals surface area contributed by atoms with Crippen LogP contribution in [-0.4, -0.2) is 47.2 Å². The van der Waals surface area contributed by atoms with E-state index in [1.54, 1.807) is 11.0 Å². The van der Waals surface area contributed by atoms with Crippen LogP contribution in [0.4, 0.5) is 4.79 Å². The van der Waals surface area contributed by atoms with Crippen molar-refractivity contribution in [2.24, 2.45) is 0 Å². The van der Waals surface area contributed by atoms with Gasteiger partial charge >= 0.3 is 12.1 Å². The average Bonchev–Trinajstić information content (AvgIpc) is 3.44. The highest BCUT2D eigenvalue weighted by Crippen LogP contribution is 2.44.